The molecule has 0 spiro atoms. The van der Waals surface area contributed by atoms with Crippen LogP contribution in [0.3, 0.4) is 0 Å². The van der Waals surface area contributed by atoms with E-state index in [-0.39, 0.29) is 5.25 Å². The van der Waals surface area contributed by atoms with E-state index in [0.717, 1.165) is 28.8 Å². The summed E-state index contributed by atoms with van der Waals surface area (Å²) in [6, 6.07) is 8.29. The van der Waals surface area contributed by atoms with Crippen molar-refractivity contribution in [1.82, 2.24) is 5.32 Å². The molecule has 0 aliphatic heterocycles. The van der Waals surface area contributed by atoms with Crippen LogP contribution < -0.4 is 5.32 Å². The molecule has 4 heteroatoms. The van der Waals surface area contributed by atoms with Gasteiger partial charge in [-0.05, 0) is 37.6 Å². The molecule has 1 aromatic carbocycles. The molecule has 2 nitrogen and oxygen atoms in total. The topological polar surface area (TPSA) is 29.1 Å². The van der Waals surface area contributed by atoms with Crippen LogP contribution in [0.1, 0.15) is 32.6 Å². The summed E-state index contributed by atoms with van der Waals surface area (Å²) < 4.78 is 13.7. The number of halogens is 1. The van der Waals surface area contributed by atoms with Crippen LogP contribution in [0.5, 0.6) is 0 Å². The van der Waals surface area contributed by atoms with Gasteiger partial charge in [-0.2, -0.15) is 0 Å². The zero-order chi connectivity index (χ0) is 13.0. The Morgan fingerprint density at radius 1 is 1.39 bits per heavy atom. The predicted octanol–water partition coefficient (Wildman–Crippen LogP) is 3.48. The number of rotatable bonds is 4. The van der Waals surface area contributed by atoms with Gasteiger partial charge < -0.3 is 5.32 Å². The van der Waals surface area contributed by atoms with Crippen molar-refractivity contribution in [2.24, 2.45) is 0 Å². The van der Waals surface area contributed by atoms with Crippen molar-refractivity contribution < 1.29 is 4.21 Å². The fourth-order valence-electron chi connectivity index (χ4n) is 2.62. The minimum Gasteiger partial charge on any atom is -0.313 e. The van der Waals surface area contributed by atoms with Gasteiger partial charge in [-0.25, -0.2) is 0 Å². The Morgan fingerprint density at radius 2 is 2.17 bits per heavy atom. The normalized spacial score (nSPS) is 25.9. The molecule has 1 aliphatic rings. The van der Waals surface area contributed by atoms with Crippen LogP contribution in [0.25, 0.3) is 0 Å². The summed E-state index contributed by atoms with van der Waals surface area (Å²) in [7, 11) is -0.904. The molecular weight excluding hydrogens is 310 g/mol. The second kappa shape index (κ2) is 6.83. The first-order valence-electron chi connectivity index (χ1n) is 6.62. The van der Waals surface area contributed by atoms with Crippen LogP contribution in [-0.2, 0) is 10.8 Å². The maximum atomic E-state index is 12.7. The van der Waals surface area contributed by atoms with Crippen molar-refractivity contribution >= 4 is 26.7 Å². The van der Waals surface area contributed by atoms with Gasteiger partial charge in [0.25, 0.3) is 0 Å². The third-order valence-electron chi connectivity index (χ3n) is 3.47. The molecule has 0 heterocycles. The third-order valence-corrected chi connectivity index (χ3v) is 5.80. The molecule has 3 atom stereocenters. The van der Waals surface area contributed by atoms with Crippen molar-refractivity contribution in [3.63, 3.8) is 0 Å². The smallest absolute Gasteiger partial charge is 0.0577 e. The molecular formula is C14H20BrNOS. The number of benzene rings is 1. The maximum absolute atomic E-state index is 12.7. The van der Waals surface area contributed by atoms with E-state index in [2.05, 4.69) is 28.2 Å². The second-order valence-electron chi connectivity index (χ2n) is 4.74. The van der Waals surface area contributed by atoms with Crippen LogP contribution >= 0.6 is 15.9 Å². The van der Waals surface area contributed by atoms with E-state index in [9.17, 15) is 4.21 Å². The predicted molar refractivity (Wildman–Crippen MR) is 80.3 cm³/mol. The van der Waals surface area contributed by atoms with E-state index in [0.29, 0.717) is 6.04 Å². The highest BCUT2D eigenvalue weighted by Gasteiger charge is 2.29. The summed E-state index contributed by atoms with van der Waals surface area (Å²) >= 11 is 3.45. The van der Waals surface area contributed by atoms with E-state index in [4.69, 9.17) is 0 Å². The Labute approximate surface area is 120 Å². The molecule has 3 unspecified atom stereocenters. The largest absolute Gasteiger partial charge is 0.313 e. The number of hydrogen-bond donors (Lipinski definition) is 1. The number of nitrogens with one attached hydrogen (secondary N) is 1. The zero-order valence-corrected chi connectivity index (χ0v) is 13.1. The fourth-order valence-corrected chi connectivity index (χ4v) is 4.88. The van der Waals surface area contributed by atoms with E-state index < -0.39 is 10.8 Å². The Bertz CT molecular complexity index is 422. The lowest BCUT2D eigenvalue weighted by molar-refractivity contribution is 0.385. The van der Waals surface area contributed by atoms with Crippen molar-refractivity contribution in [3.05, 3.63) is 28.7 Å². The monoisotopic (exact) mass is 329 g/mol. The molecule has 2 rings (SSSR count). The Balaban J connectivity index is 2.15. The van der Waals surface area contributed by atoms with Gasteiger partial charge >= 0.3 is 0 Å². The Morgan fingerprint density at radius 3 is 2.89 bits per heavy atom. The summed E-state index contributed by atoms with van der Waals surface area (Å²) in [6.45, 7) is 3.07. The van der Waals surface area contributed by atoms with Crippen LogP contribution in [0, 0.1) is 0 Å². The van der Waals surface area contributed by atoms with Crippen LogP contribution in [0.15, 0.2) is 33.6 Å². The van der Waals surface area contributed by atoms with Gasteiger partial charge in [-0.1, -0.05) is 41.8 Å². The standard InChI is InChI=1S/C14H20BrNOS/c1-2-16-13-8-3-4-9-14(13)18(17)12-7-5-6-11(15)10-12/h5-7,10,13-14,16H,2-4,8-9H2,1H3. The summed E-state index contributed by atoms with van der Waals surface area (Å²) in [5.41, 5.74) is 0. The highest BCUT2D eigenvalue weighted by molar-refractivity contribution is 9.10. The molecule has 18 heavy (non-hydrogen) atoms. The Kier molecular flexibility index (Phi) is 5.39. The molecule has 1 N–H and O–H groups in total. The van der Waals surface area contributed by atoms with Crippen LogP contribution in [0.2, 0.25) is 0 Å². The average molecular weight is 330 g/mol. The second-order valence-corrected chi connectivity index (χ2v) is 7.33. The van der Waals surface area contributed by atoms with Gasteiger partial charge in [-0.3, -0.25) is 4.21 Å². The fraction of sp³-hybridized carbons (Fsp3) is 0.571. The van der Waals surface area contributed by atoms with Gasteiger partial charge in [0.2, 0.25) is 0 Å². The quantitative estimate of drug-likeness (QED) is 0.916. The highest BCUT2D eigenvalue weighted by Crippen LogP contribution is 2.27. The first-order valence-corrected chi connectivity index (χ1v) is 8.62. The van der Waals surface area contributed by atoms with E-state index in [1.165, 1.54) is 12.8 Å². The molecule has 1 fully saturated rings. The van der Waals surface area contributed by atoms with Gasteiger partial charge in [0.05, 0.1) is 16.0 Å². The molecule has 1 saturated carbocycles. The summed E-state index contributed by atoms with van der Waals surface area (Å²) in [6.07, 6.45) is 4.67. The Hall–Kier alpha value is -0.190. The van der Waals surface area contributed by atoms with Gasteiger partial charge in [0, 0.05) is 15.4 Å². The van der Waals surface area contributed by atoms with Crippen molar-refractivity contribution in [3.8, 4) is 0 Å². The lowest BCUT2D eigenvalue weighted by atomic mass is 9.95. The summed E-state index contributed by atoms with van der Waals surface area (Å²) in [4.78, 5) is 0.944. The lowest BCUT2D eigenvalue weighted by Crippen LogP contribution is -2.44. The molecule has 100 valence electrons. The first-order chi connectivity index (χ1) is 8.72. The van der Waals surface area contributed by atoms with Crippen molar-refractivity contribution in [2.75, 3.05) is 6.54 Å². The van der Waals surface area contributed by atoms with E-state index in [1.807, 2.05) is 24.3 Å². The lowest BCUT2D eigenvalue weighted by Gasteiger charge is -2.31. The molecule has 0 aromatic heterocycles. The minimum atomic E-state index is -0.904. The minimum absolute atomic E-state index is 0.257. The van der Waals surface area contributed by atoms with E-state index >= 15 is 0 Å². The third kappa shape index (κ3) is 3.43. The van der Waals surface area contributed by atoms with Crippen LogP contribution in [0.4, 0.5) is 0 Å². The van der Waals surface area contributed by atoms with Crippen LogP contribution in [-0.4, -0.2) is 22.0 Å². The number of hydrogen-bond acceptors (Lipinski definition) is 2. The SMILES string of the molecule is CCNC1CCCCC1S(=O)c1cccc(Br)c1. The maximum Gasteiger partial charge on any atom is 0.0577 e. The molecule has 0 radical (unpaired) electrons. The molecule has 1 aromatic rings. The summed E-state index contributed by atoms with van der Waals surface area (Å²) in [5.74, 6) is 0. The average Bonchev–Trinajstić information content (AvgIpc) is 2.39. The van der Waals surface area contributed by atoms with Crippen molar-refractivity contribution in [2.45, 2.75) is 48.8 Å². The summed E-state index contributed by atoms with van der Waals surface area (Å²) in [5, 5.41) is 3.75. The highest BCUT2D eigenvalue weighted by atomic mass is 79.9. The molecule has 0 amide bonds. The first kappa shape index (κ1) is 14.2. The van der Waals surface area contributed by atoms with Gasteiger partial charge in [0.15, 0.2) is 0 Å². The zero-order valence-electron chi connectivity index (χ0n) is 10.7. The van der Waals surface area contributed by atoms with Gasteiger partial charge in [0.1, 0.15) is 0 Å². The molecule has 0 bridgehead atoms. The molecule has 0 saturated heterocycles. The van der Waals surface area contributed by atoms with Gasteiger partial charge in [-0.15, -0.1) is 0 Å². The van der Waals surface area contributed by atoms with E-state index in [1.54, 1.807) is 0 Å². The molecule has 1 aliphatic carbocycles. The van der Waals surface area contributed by atoms with Crippen molar-refractivity contribution in [1.29, 1.82) is 0 Å².